The van der Waals surface area contributed by atoms with Crippen molar-refractivity contribution in [3.63, 3.8) is 0 Å². The number of carbonyl (C=O) groups excluding carboxylic acids is 3. The molecule has 230 valence electrons. The fourth-order valence-corrected chi connectivity index (χ4v) is 9.96. The van der Waals surface area contributed by atoms with Gasteiger partial charge < -0.3 is 9.84 Å². The Morgan fingerprint density at radius 3 is 2.18 bits per heavy atom. The lowest BCUT2D eigenvalue weighted by molar-refractivity contribution is -0.122. The van der Waals surface area contributed by atoms with E-state index in [0.717, 1.165) is 31.8 Å². The summed E-state index contributed by atoms with van der Waals surface area (Å²) in [6.07, 6.45) is 9.22. The Morgan fingerprint density at radius 1 is 0.978 bits per heavy atom. The molecule has 3 aromatic carbocycles. The molecule has 5 fully saturated rings. The first-order valence-electron chi connectivity index (χ1n) is 15.0. The number of ether oxygens (including phenoxy) is 1. The molecule has 0 aromatic heterocycles. The van der Waals surface area contributed by atoms with E-state index < -0.39 is 23.8 Å². The number of hydrogen-bond donors (Lipinski definition) is 2. The molecule has 2 N–H and O–H groups in total. The van der Waals surface area contributed by atoms with Crippen LogP contribution in [-0.2, 0) is 21.6 Å². The summed E-state index contributed by atoms with van der Waals surface area (Å²) in [7, 11) is 0. The smallest absolute Gasteiger partial charge is 0.335 e. The average Bonchev–Trinajstić information content (AvgIpc) is 2.98. The number of benzene rings is 3. The van der Waals surface area contributed by atoms with Crippen LogP contribution in [0.2, 0.25) is 0 Å². The number of urea groups is 1. The van der Waals surface area contributed by atoms with Crippen molar-refractivity contribution >= 4 is 74.1 Å². The summed E-state index contributed by atoms with van der Waals surface area (Å²) in [5, 5.41) is 11.4. The number of amides is 4. The standard InChI is InChI=1S/C35H30BrIN2O6/c36-28-13-20(14-29(37)30(28)45-18-19-1-3-24(4-2-19)33(42)43)12-27-31(40)38-34(44)39(32(27)41)26-7-5-25(6-8-26)35-15-21-9-22(16-35)11-23(10-21)17-35/h1-8,12-14,21-23H,9-11,15-18H2,(H,42,43)(H,38,40,44)/b27-12+. The maximum atomic E-state index is 13.6. The number of carboxylic acids is 1. The minimum atomic E-state index is -0.993. The van der Waals surface area contributed by atoms with E-state index in [-0.39, 0.29) is 23.2 Å². The Labute approximate surface area is 282 Å². The third kappa shape index (κ3) is 5.71. The van der Waals surface area contributed by atoms with Gasteiger partial charge in [0, 0.05) is 0 Å². The molecule has 4 saturated carbocycles. The normalized spacial score (nSPS) is 26.4. The third-order valence-electron chi connectivity index (χ3n) is 9.79. The Bertz CT molecular complexity index is 1710. The summed E-state index contributed by atoms with van der Waals surface area (Å²) < 4.78 is 7.34. The van der Waals surface area contributed by atoms with Gasteiger partial charge in [0.25, 0.3) is 11.8 Å². The van der Waals surface area contributed by atoms with Gasteiger partial charge in [-0.1, -0.05) is 24.3 Å². The number of nitrogens with zero attached hydrogens (tertiary/aromatic N) is 1. The second-order valence-corrected chi connectivity index (χ2v) is 14.8. The SMILES string of the molecule is O=C1NC(=O)N(c2ccc(C34CC5CC(CC(C5)C3)C4)cc2)C(=O)/C1=C/c1cc(Br)c(OCc2ccc(C(=O)O)cc2)c(I)c1. The van der Waals surface area contributed by atoms with Crippen LogP contribution >= 0.6 is 38.5 Å². The van der Waals surface area contributed by atoms with Crippen LogP contribution < -0.4 is 15.0 Å². The number of nitrogens with one attached hydrogen (secondary N) is 1. The molecule has 4 amide bonds. The van der Waals surface area contributed by atoms with E-state index in [1.165, 1.54) is 62.3 Å². The Morgan fingerprint density at radius 2 is 1.60 bits per heavy atom. The van der Waals surface area contributed by atoms with E-state index in [9.17, 15) is 19.2 Å². The maximum Gasteiger partial charge on any atom is 0.335 e. The second-order valence-electron chi connectivity index (χ2n) is 12.8. The van der Waals surface area contributed by atoms with E-state index in [1.807, 2.05) is 12.1 Å². The highest BCUT2D eigenvalue weighted by molar-refractivity contribution is 14.1. The van der Waals surface area contributed by atoms with E-state index in [2.05, 4.69) is 56.0 Å². The molecule has 0 spiro atoms. The Hall–Kier alpha value is -3.51. The van der Waals surface area contributed by atoms with Crippen molar-refractivity contribution in [1.82, 2.24) is 5.32 Å². The first-order valence-corrected chi connectivity index (χ1v) is 16.9. The lowest BCUT2D eigenvalue weighted by atomic mass is 9.48. The van der Waals surface area contributed by atoms with Crippen molar-refractivity contribution in [2.45, 2.75) is 50.5 Å². The van der Waals surface area contributed by atoms with Crippen LogP contribution in [0.5, 0.6) is 5.75 Å². The van der Waals surface area contributed by atoms with Gasteiger partial charge in [0.1, 0.15) is 17.9 Å². The van der Waals surface area contributed by atoms with Crippen LogP contribution in [0.15, 0.2) is 70.7 Å². The highest BCUT2D eigenvalue weighted by atomic mass is 127. The topological polar surface area (TPSA) is 113 Å². The van der Waals surface area contributed by atoms with Crippen molar-refractivity contribution in [3.05, 3.63) is 96.5 Å². The number of aromatic carboxylic acids is 1. The summed E-state index contributed by atoms with van der Waals surface area (Å²) in [4.78, 5) is 51.5. The molecule has 10 heteroatoms. The molecular formula is C35H30BrIN2O6. The van der Waals surface area contributed by atoms with Gasteiger partial charge in [-0.2, -0.15) is 0 Å². The fourth-order valence-electron chi connectivity index (χ4n) is 8.19. The number of imide groups is 2. The number of carboxylic acid groups (broad SMARTS) is 1. The Balaban J connectivity index is 1.09. The minimum absolute atomic E-state index is 0.144. The zero-order chi connectivity index (χ0) is 31.5. The molecule has 0 atom stereocenters. The van der Waals surface area contributed by atoms with Gasteiger partial charge >= 0.3 is 12.0 Å². The average molecular weight is 781 g/mol. The van der Waals surface area contributed by atoms with Gasteiger partial charge in [-0.25, -0.2) is 14.5 Å². The lowest BCUT2D eigenvalue weighted by Crippen LogP contribution is -2.54. The molecule has 45 heavy (non-hydrogen) atoms. The van der Waals surface area contributed by atoms with E-state index in [0.29, 0.717) is 21.5 Å². The summed E-state index contributed by atoms with van der Waals surface area (Å²) in [6, 6.07) is 17.0. The van der Waals surface area contributed by atoms with Crippen molar-refractivity contribution < 1.29 is 29.0 Å². The summed E-state index contributed by atoms with van der Waals surface area (Å²) in [5.74, 6) is 0.579. The van der Waals surface area contributed by atoms with Crippen LogP contribution in [-0.4, -0.2) is 28.9 Å². The number of halogens is 2. The largest absolute Gasteiger partial charge is 0.487 e. The molecule has 1 heterocycles. The summed E-state index contributed by atoms with van der Waals surface area (Å²) in [6.45, 7) is 0.217. The zero-order valence-electron chi connectivity index (χ0n) is 24.2. The third-order valence-corrected chi connectivity index (χ3v) is 11.2. The number of barbiturate groups is 1. The molecule has 0 unspecified atom stereocenters. The van der Waals surface area contributed by atoms with E-state index >= 15 is 0 Å². The van der Waals surface area contributed by atoms with Crippen LogP contribution in [0, 0.1) is 21.3 Å². The number of anilines is 1. The van der Waals surface area contributed by atoms with Crippen molar-refractivity contribution in [1.29, 1.82) is 0 Å². The molecule has 0 radical (unpaired) electrons. The van der Waals surface area contributed by atoms with Gasteiger partial charge in [0.05, 0.1) is 19.3 Å². The highest BCUT2D eigenvalue weighted by Crippen LogP contribution is 2.60. The number of rotatable bonds is 7. The number of carbonyl (C=O) groups is 4. The molecule has 1 saturated heterocycles. The van der Waals surface area contributed by atoms with Gasteiger partial charge in [-0.05, 0) is 159 Å². The first kappa shape index (κ1) is 30.2. The molecule has 8 rings (SSSR count). The molecule has 4 bridgehead atoms. The molecule has 1 aliphatic heterocycles. The predicted molar refractivity (Wildman–Crippen MR) is 180 cm³/mol. The maximum absolute atomic E-state index is 13.6. The summed E-state index contributed by atoms with van der Waals surface area (Å²) in [5.41, 5.74) is 3.36. The van der Waals surface area contributed by atoms with E-state index in [4.69, 9.17) is 9.84 Å². The Kier molecular flexibility index (Phi) is 7.84. The number of hydrogen-bond acceptors (Lipinski definition) is 5. The van der Waals surface area contributed by atoms with Crippen molar-refractivity contribution in [3.8, 4) is 5.75 Å². The van der Waals surface area contributed by atoms with Gasteiger partial charge in [0.2, 0.25) is 0 Å². The van der Waals surface area contributed by atoms with Crippen LogP contribution in [0.4, 0.5) is 10.5 Å². The highest BCUT2D eigenvalue weighted by Gasteiger charge is 2.51. The first-order chi connectivity index (χ1) is 21.6. The molecular weight excluding hydrogens is 751 g/mol. The van der Waals surface area contributed by atoms with Crippen molar-refractivity contribution in [2.24, 2.45) is 17.8 Å². The minimum Gasteiger partial charge on any atom is -0.487 e. The van der Waals surface area contributed by atoms with Crippen LogP contribution in [0.3, 0.4) is 0 Å². The van der Waals surface area contributed by atoms with Crippen molar-refractivity contribution in [2.75, 3.05) is 4.90 Å². The van der Waals surface area contributed by atoms with E-state index in [1.54, 1.807) is 24.3 Å². The van der Waals surface area contributed by atoms with Crippen LogP contribution in [0.25, 0.3) is 6.08 Å². The lowest BCUT2D eigenvalue weighted by Gasteiger charge is -2.57. The molecule has 8 nitrogen and oxygen atoms in total. The fraction of sp³-hybridized carbons (Fsp3) is 0.314. The van der Waals surface area contributed by atoms with Gasteiger partial charge in [-0.3, -0.25) is 14.9 Å². The molecule has 4 aliphatic carbocycles. The predicted octanol–water partition coefficient (Wildman–Crippen LogP) is 7.47. The van der Waals surface area contributed by atoms with Gasteiger partial charge in [0.15, 0.2) is 0 Å². The zero-order valence-corrected chi connectivity index (χ0v) is 28.0. The molecule has 3 aromatic rings. The second kappa shape index (κ2) is 11.7. The molecule has 5 aliphatic rings. The summed E-state index contributed by atoms with van der Waals surface area (Å²) >= 11 is 5.64. The quantitative estimate of drug-likeness (QED) is 0.146. The van der Waals surface area contributed by atoms with Crippen LogP contribution in [0.1, 0.15) is 65.6 Å². The van der Waals surface area contributed by atoms with Gasteiger partial charge in [-0.15, -0.1) is 0 Å². The monoisotopic (exact) mass is 780 g/mol.